The number of hydrogen-bond donors (Lipinski definition) is 1. The molecule has 1 saturated heterocycles. The molecule has 28 heavy (non-hydrogen) atoms. The zero-order valence-corrected chi connectivity index (χ0v) is 17.5. The Hall–Kier alpha value is -2.24. The monoisotopic (exact) mass is 387 g/mol. The van der Waals surface area contributed by atoms with Gasteiger partial charge in [-0.15, -0.1) is 0 Å². The zero-order valence-electron chi connectivity index (χ0n) is 17.5. The lowest BCUT2D eigenvalue weighted by molar-refractivity contribution is -0.122. The Kier molecular flexibility index (Phi) is 6.16. The van der Waals surface area contributed by atoms with Crippen LogP contribution in [-0.2, 0) is 4.79 Å². The van der Waals surface area contributed by atoms with E-state index in [0.717, 1.165) is 30.6 Å². The Balaban J connectivity index is 1.72. The van der Waals surface area contributed by atoms with E-state index in [1.807, 2.05) is 23.1 Å². The smallest absolute Gasteiger partial charge is 0.319 e. The highest BCUT2D eigenvalue weighted by atomic mass is 16.5. The molecule has 0 bridgehead atoms. The fourth-order valence-corrected chi connectivity index (χ4v) is 4.24. The van der Waals surface area contributed by atoms with Gasteiger partial charge in [0, 0.05) is 58.9 Å². The summed E-state index contributed by atoms with van der Waals surface area (Å²) in [6.07, 6.45) is 2.90. The van der Waals surface area contributed by atoms with E-state index in [1.165, 1.54) is 0 Å². The highest BCUT2D eigenvalue weighted by Crippen LogP contribution is 2.46. The normalized spacial score (nSPS) is 20.5. The second-order valence-electron chi connectivity index (χ2n) is 8.79. The van der Waals surface area contributed by atoms with Gasteiger partial charge in [0.25, 0.3) is 0 Å². The number of amides is 3. The molecule has 1 atom stereocenters. The number of fused-ring (bicyclic) bond motifs is 1. The first-order chi connectivity index (χ1) is 13.3. The number of para-hydroxylation sites is 1. The molecule has 1 fully saturated rings. The summed E-state index contributed by atoms with van der Waals surface area (Å²) >= 11 is 0. The van der Waals surface area contributed by atoms with Gasteiger partial charge in [-0.25, -0.2) is 4.79 Å². The van der Waals surface area contributed by atoms with Crippen LogP contribution in [0.5, 0.6) is 5.75 Å². The number of urea groups is 1. The summed E-state index contributed by atoms with van der Waals surface area (Å²) in [4.78, 5) is 28.3. The Morgan fingerprint density at radius 3 is 2.57 bits per heavy atom. The molecule has 2 aliphatic rings. The summed E-state index contributed by atoms with van der Waals surface area (Å²) in [5.41, 5.74) is 0.833. The summed E-state index contributed by atoms with van der Waals surface area (Å²) in [5, 5.41) is 3.05. The first-order valence-corrected chi connectivity index (χ1v) is 10.3. The number of likely N-dealkylation sites (tertiary alicyclic amines) is 1. The Morgan fingerprint density at radius 1 is 1.25 bits per heavy atom. The Labute approximate surface area is 168 Å². The molecule has 6 nitrogen and oxygen atoms in total. The summed E-state index contributed by atoms with van der Waals surface area (Å²) in [7, 11) is 3.57. The van der Waals surface area contributed by atoms with Gasteiger partial charge < -0.3 is 19.9 Å². The summed E-state index contributed by atoms with van der Waals surface area (Å²) in [6, 6.07) is 8.13. The van der Waals surface area contributed by atoms with E-state index in [1.54, 1.807) is 19.0 Å². The van der Waals surface area contributed by atoms with Crippen molar-refractivity contribution in [1.29, 1.82) is 0 Å². The van der Waals surface area contributed by atoms with Crippen LogP contribution >= 0.6 is 0 Å². The number of hydrogen-bond acceptors (Lipinski definition) is 3. The second-order valence-corrected chi connectivity index (χ2v) is 8.79. The van der Waals surface area contributed by atoms with Gasteiger partial charge in [0.05, 0.1) is 0 Å². The van der Waals surface area contributed by atoms with Gasteiger partial charge in [-0.05, 0) is 24.0 Å². The summed E-state index contributed by atoms with van der Waals surface area (Å²) in [5.74, 6) is 1.58. The molecule has 1 spiro atoms. The van der Waals surface area contributed by atoms with Crippen LogP contribution in [0.15, 0.2) is 24.3 Å². The standard InChI is InChI=1S/C22H33N3O3/c1-16(2)15-23-20(26)13-17-14-22(28-19-8-6-5-7-18(17)19)9-11-25(12-10-22)21(27)24(3)4/h5-8,16-17H,9-15H2,1-4H3,(H,23,26)/t17-/m0/s1. The Morgan fingerprint density at radius 2 is 1.93 bits per heavy atom. The zero-order chi connectivity index (χ0) is 20.3. The minimum absolute atomic E-state index is 0.0515. The van der Waals surface area contributed by atoms with Crippen molar-refractivity contribution in [2.45, 2.75) is 51.0 Å². The molecule has 0 saturated carbocycles. The van der Waals surface area contributed by atoms with Gasteiger partial charge in [0.15, 0.2) is 0 Å². The number of benzene rings is 1. The van der Waals surface area contributed by atoms with Crippen LogP contribution < -0.4 is 10.1 Å². The fraction of sp³-hybridized carbons (Fsp3) is 0.636. The predicted molar refractivity (Wildman–Crippen MR) is 110 cm³/mol. The number of nitrogens with zero attached hydrogens (tertiary/aromatic N) is 2. The first kappa shape index (κ1) is 20.5. The van der Waals surface area contributed by atoms with Gasteiger partial charge in [-0.2, -0.15) is 0 Å². The van der Waals surface area contributed by atoms with Crippen molar-refractivity contribution in [3.63, 3.8) is 0 Å². The topological polar surface area (TPSA) is 61.9 Å². The number of ether oxygens (including phenoxy) is 1. The van der Waals surface area contributed by atoms with Crippen LogP contribution in [0.2, 0.25) is 0 Å². The molecule has 0 aliphatic carbocycles. The SMILES string of the molecule is CC(C)CNC(=O)C[C@H]1CC2(CCN(C(=O)N(C)C)CC2)Oc2ccccc21. The van der Waals surface area contributed by atoms with Crippen LogP contribution in [-0.4, -0.2) is 61.1 Å². The lowest BCUT2D eigenvalue weighted by atomic mass is 9.76. The van der Waals surface area contributed by atoms with Crippen LogP contribution in [0.4, 0.5) is 4.79 Å². The molecule has 0 aromatic heterocycles. The van der Waals surface area contributed by atoms with Gasteiger partial charge in [-0.3, -0.25) is 4.79 Å². The number of carbonyl (C=O) groups is 2. The van der Waals surface area contributed by atoms with Crippen LogP contribution in [0.3, 0.4) is 0 Å². The van der Waals surface area contributed by atoms with E-state index in [4.69, 9.17) is 4.74 Å². The third-order valence-corrected chi connectivity index (χ3v) is 5.77. The van der Waals surface area contributed by atoms with Crippen molar-refractivity contribution in [3.05, 3.63) is 29.8 Å². The lowest BCUT2D eigenvalue weighted by Crippen LogP contribution is -2.53. The molecular weight excluding hydrogens is 354 g/mol. The third-order valence-electron chi connectivity index (χ3n) is 5.77. The number of piperidine rings is 1. The quantitative estimate of drug-likeness (QED) is 0.863. The molecule has 1 N–H and O–H groups in total. The molecule has 6 heteroatoms. The Bertz CT molecular complexity index is 709. The van der Waals surface area contributed by atoms with E-state index in [9.17, 15) is 9.59 Å². The first-order valence-electron chi connectivity index (χ1n) is 10.3. The molecule has 2 aliphatic heterocycles. The molecule has 3 rings (SSSR count). The average Bonchev–Trinajstić information content (AvgIpc) is 2.66. The maximum Gasteiger partial charge on any atom is 0.319 e. The molecular formula is C22H33N3O3. The van der Waals surface area contributed by atoms with Crippen molar-refractivity contribution in [2.24, 2.45) is 5.92 Å². The van der Waals surface area contributed by atoms with Gasteiger partial charge in [0.2, 0.25) is 5.91 Å². The molecule has 3 amide bonds. The van der Waals surface area contributed by atoms with E-state index in [0.29, 0.717) is 32.0 Å². The highest BCUT2D eigenvalue weighted by molar-refractivity contribution is 5.77. The van der Waals surface area contributed by atoms with Gasteiger partial charge in [-0.1, -0.05) is 32.0 Å². The molecule has 0 radical (unpaired) electrons. The average molecular weight is 388 g/mol. The number of rotatable bonds is 4. The molecule has 2 heterocycles. The summed E-state index contributed by atoms with van der Waals surface area (Å²) < 4.78 is 6.48. The highest BCUT2D eigenvalue weighted by Gasteiger charge is 2.44. The lowest BCUT2D eigenvalue weighted by Gasteiger charge is -2.47. The molecule has 154 valence electrons. The van der Waals surface area contributed by atoms with Crippen LogP contribution in [0, 0.1) is 5.92 Å². The van der Waals surface area contributed by atoms with Crippen molar-refractivity contribution >= 4 is 11.9 Å². The van der Waals surface area contributed by atoms with Crippen molar-refractivity contribution < 1.29 is 14.3 Å². The molecule has 1 aromatic carbocycles. The maximum atomic E-state index is 12.5. The third kappa shape index (κ3) is 4.59. The second kappa shape index (κ2) is 8.41. The van der Waals surface area contributed by atoms with E-state index < -0.39 is 0 Å². The maximum absolute atomic E-state index is 12.5. The van der Waals surface area contributed by atoms with Crippen molar-refractivity contribution in [3.8, 4) is 5.75 Å². The van der Waals surface area contributed by atoms with Crippen LogP contribution in [0.25, 0.3) is 0 Å². The van der Waals surface area contributed by atoms with Crippen LogP contribution in [0.1, 0.15) is 51.0 Å². The number of carbonyl (C=O) groups excluding carboxylic acids is 2. The van der Waals surface area contributed by atoms with E-state index in [-0.39, 0.29) is 23.5 Å². The predicted octanol–water partition coefficient (Wildman–Crippen LogP) is 3.23. The largest absolute Gasteiger partial charge is 0.487 e. The molecule has 1 aromatic rings. The minimum Gasteiger partial charge on any atom is -0.487 e. The molecule has 0 unspecified atom stereocenters. The van der Waals surface area contributed by atoms with Gasteiger partial charge in [0.1, 0.15) is 11.4 Å². The van der Waals surface area contributed by atoms with Gasteiger partial charge >= 0.3 is 6.03 Å². The number of nitrogens with one attached hydrogen (secondary N) is 1. The van der Waals surface area contributed by atoms with Crippen molar-refractivity contribution in [2.75, 3.05) is 33.7 Å². The van der Waals surface area contributed by atoms with E-state index >= 15 is 0 Å². The summed E-state index contributed by atoms with van der Waals surface area (Å²) in [6.45, 7) is 6.27. The van der Waals surface area contributed by atoms with E-state index in [2.05, 4.69) is 25.2 Å². The fourth-order valence-electron chi connectivity index (χ4n) is 4.24. The minimum atomic E-state index is -0.291. The van der Waals surface area contributed by atoms with Crippen molar-refractivity contribution in [1.82, 2.24) is 15.1 Å².